The second-order valence-corrected chi connectivity index (χ2v) is 6.25. The maximum atomic E-state index is 12.7. The molecule has 1 aliphatic rings. The summed E-state index contributed by atoms with van der Waals surface area (Å²) in [4.78, 5) is 14.6. The van der Waals surface area contributed by atoms with Gasteiger partial charge >= 0.3 is 0 Å². The van der Waals surface area contributed by atoms with Gasteiger partial charge < -0.3 is 9.64 Å². The molecule has 0 aromatic heterocycles. The normalized spacial score (nSPS) is 22.9. The lowest BCUT2D eigenvalue weighted by atomic mass is 10.1. The fraction of sp³-hybridized carbons (Fsp3) is 0.588. The van der Waals surface area contributed by atoms with Gasteiger partial charge in [-0.1, -0.05) is 43.7 Å². The van der Waals surface area contributed by atoms with Crippen LogP contribution in [0.25, 0.3) is 0 Å². The van der Waals surface area contributed by atoms with E-state index in [1.54, 1.807) is 7.11 Å². The van der Waals surface area contributed by atoms with E-state index < -0.39 is 0 Å². The van der Waals surface area contributed by atoms with Crippen LogP contribution in [-0.2, 0) is 9.53 Å². The Morgan fingerprint density at radius 3 is 2.52 bits per heavy atom. The van der Waals surface area contributed by atoms with E-state index in [0.29, 0.717) is 6.54 Å². The lowest BCUT2D eigenvalue weighted by Gasteiger charge is -2.32. The van der Waals surface area contributed by atoms with E-state index in [0.717, 1.165) is 18.4 Å². The molecule has 1 amide bonds. The third-order valence-corrected chi connectivity index (χ3v) is 4.05. The maximum absolute atomic E-state index is 12.7. The molecule has 1 aromatic rings. The van der Waals surface area contributed by atoms with E-state index in [1.807, 2.05) is 36.9 Å². The number of hydrogen-bond donors (Lipinski definition) is 1. The van der Waals surface area contributed by atoms with Crippen molar-refractivity contribution in [2.24, 2.45) is 0 Å². The first-order valence-corrected chi connectivity index (χ1v) is 7.65. The molecule has 4 heteroatoms. The number of nitrogens with one attached hydrogen (secondary N) is 1. The summed E-state index contributed by atoms with van der Waals surface area (Å²) in [5, 5.41) is 3.48. The minimum Gasteiger partial charge on any atom is -0.377 e. The highest BCUT2D eigenvalue weighted by atomic mass is 16.5. The van der Waals surface area contributed by atoms with Crippen LogP contribution in [0.2, 0.25) is 0 Å². The van der Waals surface area contributed by atoms with Crippen molar-refractivity contribution in [2.45, 2.75) is 51.4 Å². The van der Waals surface area contributed by atoms with E-state index >= 15 is 0 Å². The summed E-state index contributed by atoms with van der Waals surface area (Å²) >= 11 is 0. The van der Waals surface area contributed by atoms with Crippen molar-refractivity contribution in [1.82, 2.24) is 10.2 Å². The molecule has 0 bridgehead atoms. The summed E-state index contributed by atoms with van der Waals surface area (Å²) in [6.45, 7) is 6.70. The summed E-state index contributed by atoms with van der Waals surface area (Å²) in [6, 6.07) is 10.0. The molecule has 0 saturated carbocycles. The third kappa shape index (κ3) is 3.63. The van der Waals surface area contributed by atoms with Crippen molar-refractivity contribution in [1.29, 1.82) is 0 Å². The number of benzene rings is 1. The molecule has 1 saturated heterocycles. The quantitative estimate of drug-likeness (QED) is 0.876. The van der Waals surface area contributed by atoms with E-state index in [4.69, 9.17) is 4.74 Å². The van der Waals surface area contributed by atoms with E-state index in [1.165, 1.54) is 0 Å². The maximum Gasteiger partial charge on any atom is 0.241 e. The zero-order valence-electron chi connectivity index (χ0n) is 13.4. The van der Waals surface area contributed by atoms with Crippen molar-refractivity contribution in [3.05, 3.63) is 35.9 Å². The molecule has 4 nitrogen and oxygen atoms in total. The first-order chi connectivity index (χ1) is 9.98. The largest absolute Gasteiger partial charge is 0.377 e. The molecule has 1 N–H and O–H groups in total. The van der Waals surface area contributed by atoms with Crippen LogP contribution in [0.3, 0.4) is 0 Å². The topological polar surface area (TPSA) is 41.6 Å². The number of amides is 1. The molecular formula is C17H26N2O2. The highest BCUT2D eigenvalue weighted by molar-refractivity contribution is 5.84. The zero-order valence-corrected chi connectivity index (χ0v) is 13.4. The SMILES string of the molecule is CCCC1NC(c2ccccc2)N(CC(C)(C)OC)C1=O. The Labute approximate surface area is 127 Å². The Morgan fingerprint density at radius 1 is 1.29 bits per heavy atom. The molecule has 1 fully saturated rings. The minimum atomic E-state index is -0.356. The average Bonchev–Trinajstić information content (AvgIpc) is 2.78. The summed E-state index contributed by atoms with van der Waals surface area (Å²) in [7, 11) is 1.69. The second-order valence-electron chi connectivity index (χ2n) is 6.25. The fourth-order valence-corrected chi connectivity index (χ4v) is 2.73. The smallest absolute Gasteiger partial charge is 0.241 e. The van der Waals surface area contributed by atoms with E-state index in [2.05, 4.69) is 24.4 Å². The highest BCUT2D eigenvalue weighted by Gasteiger charge is 2.41. The summed E-state index contributed by atoms with van der Waals surface area (Å²) < 4.78 is 5.51. The monoisotopic (exact) mass is 290 g/mol. The molecule has 0 spiro atoms. The number of ether oxygens (including phenoxy) is 1. The Hall–Kier alpha value is -1.39. The van der Waals surface area contributed by atoms with Crippen LogP contribution in [0, 0.1) is 0 Å². The van der Waals surface area contributed by atoms with Gasteiger partial charge in [-0.2, -0.15) is 0 Å². The lowest BCUT2D eigenvalue weighted by molar-refractivity contribution is -0.134. The Kier molecular flexibility index (Phi) is 5.01. The van der Waals surface area contributed by atoms with Crippen molar-refractivity contribution in [2.75, 3.05) is 13.7 Å². The fourth-order valence-electron chi connectivity index (χ4n) is 2.73. The molecule has 2 rings (SSSR count). The van der Waals surface area contributed by atoms with Gasteiger partial charge in [0.15, 0.2) is 0 Å². The summed E-state index contributed by atoms with van der Waals surface area (Å²) in [6.07, 6.45) is 1.79. The molecule has 2 unspecified atom stereocenters. The molecule has 1 heterocycles. The summed E-state index contributed by atoms with van der Waals surface area (Å²) in [5.74, 6) is 0.177. The van der Waals surface area contributed by atoms with Gasteiger partial charge in [0.25, 0.3) is 0 Å². The van der Waals surface area contributed by atoms with E-state index in [9.17, 15) is 4.79 Å². The third-order valence-electron chi connectivity index (χ3n) is 4.05. The average molecular weight is 290 g/mol. The number of hydrogen-bond acceptors (Lipinski definition) is 3. The Bertz CT molecular complexity index is 473. The van der Waals surface area contributed by atoms with Crippen molar-refractivity contribution in [3.8, 4) is 0 Å². The second kappa shape index (κ2) is 6.58. The van der Waals surface area contributed by atoms with Crippen LogP contribution in [0.15, 0.2) is 30.3 Å². The van der Waals surface area contributed by atoms with Crippen molar-refractivity contribution >= 4 is 5.91 Å². The van der Waals surface area contributed by atoms with Gasteiger partial charge in [0.05, 0.1) is 18.2 Å². The van der Waals surface area contributed by atoms with Gasteiger partial charge in [-0.05, 0) is 25.8 Å². The summed E-state index contributed by atoms with van der Waals surface area (Å²) in [5.41, 5.74) is 0.766. The van der Waals surface area contributed by atoms with Gasteiger partial charge in [0, 0.05) is 7.11 Å². The molecular weight excluding hydrogens is 264 g/mol. The predicted molar refractivity (Wildman–Crippen MR) is 83.8 cm³/mol. The molecule has 0 aliphatic carbocycles. The minimum absolute atomic E-state index is 0.0651. The van der Waals surface area contributed by atoms with Crippen LogP contribution in [-0.4, -0.2) is 36.1 Å². The number of methoxy groups -OCH3 is 1. The molecule has 21 heavy (non-hydrogen) atoms. The number of rotatable bonds is 6. The molecule has 116 valence electrons. The molecule has 0 radical (unpaired) electrons. The molecule has 2 atom stereocenters. The molecule has 1 aromatic carbocycles. The first-order valence-electron chi connectivity index (χ1n) is 7.65. The van der Waals surface area contributed by atoms with Crippen LogP contribution in [0.4, 0.5) is 0 Å². The van der Waals surface area contributed by atoms with Gasteiger partial charge in [0.2, 0.25) is 5.91 Å². The lowest BCUT2D eigenvalue weighted by Crippen LogP contribution is -2.43. The Morgan fingerprint density at radius 2 is 1.95 bits per heavy atom. The zero-order chi connectivity index (χ0) is 15.5. The van der Waals surface area contributed by atoms with Gasteiger partial charge in [-0.15, -0.1) is 0 Å². The number of nitrogens with zero attached hydrogens (tertiary/aromatic N) is 1. The number of carbonyl (C=O) groups excluding carboxylic acids is 1. The standard InChI is InChI=1S/C17H26N2O2/c1-5-9-14-16(20)19(12-17(2,3)21-4)15(18-14)13-10-7-6-8-11-13/h6-8,10-11,14-15,18H,5,9,12H2,1-4H3. The first kappa shape index (κ1) is 16.0. The van der Waals surface area contributed by atoms with Crippen LogP contribution < -0.4 is 5.32 Å². The van der Waals surface area contributed by atoms with Crippen LogP contribution >= 0.6 is 0 Å². The Balaban J connectivity index is 2.25. The van der Waals surface area contributed by atoms with Gasteiger partial charge in [-0.3, -0.25) is 10.1 Å². The van der Waals surface area contributed by atoms with Crippen molar-refractivity contribution in [3.63, 3.8) is 0 Å². The van der Waals surface area contributed by atoms with Gasteiger partial charge in [-0.25, -0.2) is 0 Å². The van der Waals surface area contributed by atoms with Crippen LogP contribution in [0.1, 0.15) is 45.3 Å². The van der Waals surface area contributed by atoms with E-state index in [-0.39, 0.29) is 23.7 Å². The number of carbonyl (C=O) groups is 1. The van der Waals surface area contributed by atoms with Crippen LogP contribution in [0.5, 0.6) is 0 Å². The van der Waals surface area contributed by atoms with Crippen molar-refractivity contribution < 1.29 is 9.53 Å². The highest BCUT2D eigenvalue weighted by Crippen LogP contribution is 2.29. The predicted octanol–water partition coefficient (Wildman–Crippen LogP) is 2.71. The van der Waals surface area contributed by atoms with Gasteiger partial charge in [0.1, 0.15) is 6.17 Å². The molecule has 1 aliphatic heterocycles.